The fourth-order valence-electron chi connectivity index (χ4n) is 7.86. The van der Waals surface area contributed by atoms with E-state index in [0.717, 1.165) is 76.9 Å². The van der Waals surface area contributed by atoms with Crippen molar-refractivity contribution in [3.8, 4) is 11.8 Å². The predicted molar refractivity (Wildman–Crippen MR) is 238 cm³/mol. The van der Waals surface area contributed by atoms with Crippen LogP contribution in [0.15, 0.2) is 133 Å². The monoisotopic (exact) mass is 1110 g/mol. The van der Waals surface area contributed by atoms with Gasteiger partial charge in [-0.3, -0.25) is 11.8 Å². The molecule has 0 nitrogen and oxygen atoms in total. The molecule has 7 aromatic carbocycles. The number of rotatable bonds is 6. The van der Waals surface area contributed by atoms with E-state index in [-0.39, 0.29) is 44.8 Å². The third kappa shape index (κ3) is 10.5. The summed E-state index contributed by atoms with van der Waals surface area (Å²) in [6, 6.07) is 46.2. The summed E-state index contributed by atoms with van der Waals surface area (Å²) in [5.41, 5.74) is 5.00. The van der Waals surface area contributed by atoms with Crippen LogP contribution in [0, 0.1) is 24.7 Å². The van der Waals surface area contributed by atoms with Gasteiger partial charge < -0.3 is 12.8 Å². The minimum Gasteiger partial charge on any atom is -0.366 e. The zero-order valence-electron chi connectivity index (χ0n) is 32.6. The van der Waals surface area contributed by atoms with Gasteiger partial charge in [-0.2, -0.15) is 0 Å². The Morgan fingerprint density at radius 2 is 0.593 bits per heavy atom. The molecule has 0 saturated heterocycles. The predicted octanol–water partition coefficient (Wildman–Crippen LogP) is 12.9. The Balaban J connectivity index is 0.000000215. The summed E-state index contributed by atoms with van der Waals surface area (Å²) in [6.07, 6.45) is 14.9. The normalized spacial score (nSPS) is 10.9. The van der Waals surface area contributed by atoms with Crippen molar-refractivity contribution in [3.63, 3.8) is 0 Å². The zero-order chi connectivity index (χ0) is 37.4. The molecule has 0 spiro atoms. The van der Waals surface area contributed by atoms with Crippen molar-refractivity contribution in [3.05, 3.63) is 157 Å². The van der Waals surface area contributed by atoms with Gasteiger partial charge in [-0.05, 0) is 101 Å². The Labute approximate surface area is 358 Å². The second-order valence-electron chi connectivity index (χ2n) is 14.7. The molecule has 282 valence electrons. The van der Waals surface area contributed by atoms with Gasteiger partial charge in [0.2, 0.25) is 0 Å². The summed E-state index contributed by atoms with van der Waals surface area (Å²) < 4.78 is 0. The Hall–Kier alpha value is -2.96. The van der Waals surface area contributed by atoms with Crippen molar-refractivity contribution in [2.24, 2.45) is 0 Å². The van der Waals surface area contributed by atoms with E-state index in [1.807, 2.05) is 72.8 Å². The molecule has 7 rings (SSSR count). The van der Waals surface area contributed by atoms with E-state index in [4.69, 9.17) is 12.8 Å². The summed E-state index contributed by atoms with van der Waals surface area (Å²) >= 11 is 0. The van der Waals surface area contributed by atoms with Crippen LogP contribution in [0.25, 0.3) is 43.1 Å². The minimum absolute atomic E-state index is 0. The Morgan fingerprint density at radius 3 is 0.815 bits per heavy atom. The maximum atomic E-state index is 7.46. The zero-order valence-corrected chi connectivity index (χ0v) is 38.9. The molecule has 0 heterocycles. The molecule has 0 fully saturated rings. The molecule has 7 aromatic rings. The molecule has 0 aliphatic rings. The third-order valence-electron chi connectivity index (χ3n) is 9.83. The topological polar surface area (TPSA) is 0 Å². The maximum Gasteiger partial charge on any atom is 1.00 e. The van der Waals surface area contributed by atoms with Crippen molar-refractivity contribution < 1.29 is 44.8 Å². The second-order valence-corrected chi connectivity index (χ2v) is 22.2. The van der Waals surface area contributed by atoms with Crippen molar-refractivity contribution in [2.45, 2.75) is 78.0 Å². The Morgan fingerprint density at radius 1 is 0.370 bits per heavy atom. The number of fused-ring (bicyclic) bond motifs is 4. The molecule has 0 amide bonds. The first-order chi connectivity index (χ1) is 25.1. The van der Waals surface area contributed by atoms with E-state index >= 15 is 0 Å². The first kappa shape index (κ1) is 45.4. The van der Waals surface area contributed by atoms with E-state index in [1.54, 1.807) is 10.6 Å². The summed E-state index contributed by atoms with van der Waals surface area (Å²) in [5, 5.41) is 12.5. The van der Waals surface area contributed by atoms with Crippen LogP contribution >= 0.6 is 15.8 Å². The molecule has 0 aliphatic carbocycles. The van der Waals surface area contributed by atoms with Crippen LogP contribution < -0.4 is 10.6 Å². The largest absolute Gasteiger partial charge is 1.00 e. The Kier molecular flexibility index (Phi) is 18.0. The molecule has 4 heteroatoms. The fourth-order valence-corrected chi connectivity index (χ4v) is 15.2. The molecule has 0 aromatic heterocycles. The molecular weight excluding hydrogens is 1060 g/mol. The minimum atomic E-state index is -0.471. The average Bonchev–Trinajstić information content (AvgIpc) is 3.13. The molecule has 54 heavy (non-hydrogen) atoms. The SMILES string of the molecule is CC(C)[PH+](c1ccccc1[PH+](C(C)C)C(C)C)C(C)C.[Au+].[Au+].[C-]#Cc1c2ccccc2cc2ccccc12.[C-]#Cc1c2ccccc2cc2ccccc12. The average molecular weight is 1110 g/mol. The summed E-state index contributed by atoms with van der Waals surface area (Å²) in [4.78, 5) is 0. The molecule has 0 atom stereocenters. The third-order valence-corrected chi connectivity index (χ3v) is 17.2. The van der Waals surface area contributed by atoms with Crippen LogP contribution in [-0.4, -0.2) is 22.6 Å². The molecular formula is C50H52Au2P2+2. The van der Waals surface area contributed by atoms with Crippen LogP contribution in [0.5, 0.6) is 0 Å². The molecule has 0 radical (unpaired) electrons. The van der Waals surface area contributed by atoms with Crippen molar-refractivity contribution in [1.82, 2.24) is 0 Å². The maximum absolute atomic E-state index is 7.46. The van der Waals surface area contributed by atoms with Gasteiger partial charge in [0.1, 0.15) is 10.6 Å². The van der Waals surface area contributed by atoms with Gasteiger partial charge in [0.05, 0.1) is 22.6 Å². The van der Waals surface area contributed by atoms with E-state index < -0.39 is 15.8 Å². The van der Waals surface area contributed by atoms with Crippen molar-refractivity contribution >= 4 is 69.5 Å². The molecule has 0 N–H and O–H groups in total. The second kappa shape index (κ2) is 21.4. The summed E-state index contributed by atoms with van der Waals surface area (Å²) in [7, 11) is -0.942. The molecule has 0 saturated carbocycles. The quantitative estimate of drug-likeness (QED) is 0.0512. The van der Waals surface area contributed by atoms with E-state index in [0.29, 0.717) is 0 Å². The molecule has 0 bridgehead atoms. The first-order valence-corrected chi connectivity index (χ1v) is 21.9. The van der Waals surface area contributed by atoms with Crippen molar-refractivity contribution in [1.29, 1.82) is 0 Å². The standard InChI is InChI=1S/C18H32P2.2C16H9.2Au/c1-13(2)19(14(3)4)17-11-9-10-12-18(17)20(15(5)6)16(7)8;2*1-2-14-15-9-5-3-7-12(15)11-13-8-4-6-10-16(13)14;;/h9-16H,1-8H3;2*3-11H;;/q;2*-1;2*+1/p+2. The van der Waals surface area contributed by atoms with Gasteiger partial charge in [-0.15, -0.1) is 11.1 Å². The number of hydrogen-bond acceptors (Lipinski definition) is 0. The van der Waals surface area contributed by atoms with Gasteiger partial charge >= 0.3 is 44.8 Å². The van der Waals surface area contributed by atoms with Gasteiger partial charge in [-0.25, -0.2) is 0 Å². The van der Waals surface area contributed by atoms with Gasteiger partial charge in [0.15, 0.2) is 0 Å². The number of hydrogen-bond donors (Lipinski definition) is 0. The first-order valence-electron chi connectivity index (χ1n) is 18.6. The smallest absolute Gasteiger partial charge is 0.366 e. The van der Waals surface area contributed by atoms with Gasteiger partial charge in [0, 0.05) is 15.8 Å². The molecule has 0 unspecified atom stereocenters. The van der Waals surface area contributed by atoms with Crippen LogP contribution in [0.2, 0.25) is 0 Å². The molecule has 0 aliphatic heterocycles. The van der Waals surface area contributed by atoms with Crippen LogP contribution in [-0.2, 0) is 44.8 Å². The number of benzene rings is 7. The van der Waals surface area contributed by atoms with E-state index in [9.17, 15) is 0 Å². The van der Waals surface area contributed by atoms with Gasteiger partial charge in [0.25, 0.3) is 0 Å². The van der Waals surface area contributed by atoms with E-state index in [2.05, 4.69) is 128 Å². The van der Waals surface area contributed by atoms with E-state index in [1.165, 1.54) is 0 Å². The Bertz CT molecular complexity index is 2080. The van der Waals surface area contributed by atoms with Crippen LogP contribution in [0.1, 0.15) is 66.5 Å². The van der Waals surface area contributed by atoms with Crippen molar-refractivity contribution in [2.75, 3.05) is 0 Å². The van der Waals surface area contributed by atoms with Crippen LogP contribution in [0.4, 0.5) is 0 Å². The van der Waals surface area contributed by atoms with Gasteiger partial charge in [-0.1, -0.05) is 131 Å². The van der Waals surface area contributed by atoms with Crippen LogP contribution in [0.3, 0.4) is 0 Å². The summed E-state index contributed by atoms with van der Waals surface area (Å²) in [6.45, 7) is 19.4. The summed E-state index contributed by atoms with van der Waals surface area (Å²) in [5.74, 6) is 5.13. The fraction of sp³-hybridized carbons (Fsp3) is 0.240.